The Balaban J connectivity index is 1.49. The first kappa shape index (κ1) is 19.9. The lowest BCUT2D eigenvalue weighted by Gasteiger charge is -2.31. The van der Waals surface area contributed by atoms with Gasteiger partial charge in [-0.05, 0) is 66.9 Å². The minimum atomic E-state index is -3.73. The maximum atomic E-state index is 12.3. The number of sulfonamides is 1. The van der Waals surface area contributed by atoms with Gasteiger partial charge in [0.05, 0.1) is 9.80 Å². The van der Waals surface area contributed by atoms with Gasteiger partial charge in [0.15, 0.2) is 5.17 Å². The lowest BCUT2D eigenvalue weighted by Crippen LogP contribution is -2.37. The molecule has 2 aromatic rings. The molecule has 0 spiro atoms. The first-order chi connectivity index (χ1) is 13.8. The van der Waals surface area contributed by atoms with Crippen LogP contribution in [-0.4, -0.2) is 37.5 Å². The number of hydrogen-bond acceptors (Lipinski definition) is 6. The van der Waals surface area contributed by atoms with Crippen molar-refractivity contribution < 1.29 is 17.6 Å². The smallest absolute Gasteiger partial charge is 0.286 e. The largest absolute Gasteiger partial charge is 0.457 e. The average molecular weight is 432 g/mol. The molecule has 1 aromatic carbocycles. The summed E-state index contributed by atoms with van der Waals surface area (Å²) in [5.41, 5.74) is 0.715. The van der Waals surface area contributed by atoms with Gasteiger partial charge in [-0.2, -0.15) is 4.99 Å². The summed E-state index contributed by atoms with van der Waals surface area (Å²) in [4.78, 5) is 19.3. The minimum Gasteiger partial charge on any atom is -0.457 e. The third-order valence-corrected chi connectivity index (χ3v) is 6.88. The van der Waals surface area contributed by atoms with Crippen molar-refractivity contribution in [3.05, 3.63) is 47.1 Å². The topological polar surface area (TPSA) is 106 Å². The number of nitrogens with zero attached hydrogens (tertiary/aromatic N) is 2. The Kier molecular flexibility index (Phi) is 5.37. The number of hydrogen-bond donors (Lipinski definition) is 1. The second-order valence-electron chi connectivity index (χ2n) is 7.27. The molecule has 1 fully saturated rings. The van der Waals surface area contributed by atoms with Crippen LogP contribution in [0, 0.1) is 5.92 Å². The van der Waals surface area contributed by atoms with Crippen LogP contribution in [0.2, 0.25) is 0 Å². The Morgan fingerprint density at radius 2 is 2.00 bits per heavy atom. The monoisotopic (exact) mass is 431 g/mol. The van der Waals surface area contributed by atoms with E-state index in [1.165, 1.54) is 30.3 Å². The van der Waals surface area contributed by atoms with Crippen molar-refractivity contribution >= 4 is 38.9 Å². The third-order valence-electron chi connectivity index (χ3n) is 4.90. The summed E-state index contributed by atoms with van der Waals surface area (Å²) in [6.07, 6.45) is 4.01. The van der Waals surface area contributed by atoms with Gasteiger partial charge in [0.25, 0.3) is 5.91 Å². The molecule has 0 bridgehead atoms. The quantitative estimate of drug-likeness (QED) is 0.748. The third kappa shape index (κ3) is 4.47. The van der Waals surface area contributed by atoms with Crippen molar-refractivity contribution in [3.8, 4) is 11.3 Å². The first-order valence-corrected chi connectivity index (χ1v) is 11.7. The number of carbonyl (C=O) groups is 1. The van der Waals surface area contributed by atoms with Crippen LogP contribution < -0.4 is 5.14 Å². The number of thioether (sulfide) groups is 1. The van der Waals surface area contributed by atoms with Crippen LogP contribution in [-0.2, 0) is 14.8 Å². The molecule has 2 aliphatic heterocycles. The molecular weight excluding hydrogens is 410 g/mol. The first-order valence-electron chi connectivity index (χ1n) is 9.30. The number of amidine groups is 1. The van der Waals surface area contributed by atoms with Crippen molar-refractivity contribution in [1.29, 1.82) is 0 Å². The van der Waals surface area contributed by atoms with E-state index in [1.54, 1.807) is 30.3 Å². The molecule has 3 heterocycles. The van der Waals surface area contributed by atoms with Gasteiger partial charge < -0.3 is 9.32 Å². The number of rotatable bonds is 3. The molecule has 29 heavy (non-hydrogen) atoms. The number of aliphatic imine (C=N–C) groups is 1. The number of furan rings is 1. The van der Waals surface area contributed by atoms with Crippen molar-refractivity contribution in [2.75, 3.05) is 13.1 Å². The Hall–Kier alpha value is -2.36. The van der Waals surface area contributed by atoms with Gasteiger partial charge in [-0.3, -0.25) is 4.79 Å². The summed E-state index contributed by atoms with van der Waals surface area (Å²) in [5.74, 6) is 1.45. The molecule has 0 radical (unpaired) electrons. The zero-order valence-electron chi connectivity index (χ0n) is 15.9. The maximum absolute atomic E-state index is 12.3. The summed E-state index contributed by atoms with van der Waals surface area (Å²) < 4.78 is 28.5. The van der Waals surface area contributed by atoms with E-state index in [0.717, 1.165) is 24.7 Å². The van der Waals surface area contributed by atoms with Crippen molar-refractivity contribution in [2.45, 2.75) is 24.7 Å². The predicted molar refractivity (Wildman–Crippen MR) is 113 cm³/mol. The Morgan fingerprint density at radius 1 is 1.24 bits per heavy atom. The van der Waals surface area contributed by atoms with Gasteiger partial charge in [0, 0.05) is 24.7 Å². The molecule has 4 rings (SSSR count). The normalized spacial score (nSPS) is 21.7. The number of likely N-dealkylation sites (tertiary alicyclic amines) is 1. The van der Waals surface area contributed by atoms with Crippen LogP contribution >= 0.6 is 11.8 Å². The fourth-order valence-electron chi connectivity index (χ4n) is 3.42. The van der Waals surface area contributed by atoms with Crippen LogP contribution in [0.5, 0.6) is 0 Å². The van der Waals surface area contributed by atoms with E-state index < -0.39 is 10.0 Å². The fourth-order valence-corrected chi connectivity index (χ4v) is 4.86. The van der Waals surface area contributed by atoms with Gasteiger partial charge in [0.1, 0.15) is 11.5 Å². The summed E-state index contributed by atoms with van der Waals surface area (Å²) in [6.45, 7) is 4.06. The molecule has 1 saturated heterocycles. The highest BCUT2D eigenvalue weighted by Crippen LogP contribution is 2.33. The van der Waals surface area contributed by atoms with Crippen molar-refractivity contribution in [3.63, 3.8) is 0 Å². The van der Waals surface area contributed by atoms with E-state index in [0.29, 0.717) is 27.9 Å². The van der Waals surface area contributed by atoms with Crippen LogP contribution in [0.3, 0.4) is 0 Å². The van der Waals surface area contributed by atoms with E-state index in [-0.39, 0.29) is 10.8 Å². The van der Waals surface area contributed by atoms with E-state index in [4.69, 9.17) is 9.56 Å². The molecule has 2 aliphatic rings. The number of carbonyl (C=O) groups excluding carboxylic acids is 1. The lowest BCUT2D eigenvalue weighted by molar-refractivity contribution is -0.113. The predicted octanol–water partition coefficient (Wildman–Crippen LogP) is 3.30. The zero-order chi connectivity index (χ0) is 20.6. The second-order valence-corrected chi connectivity index (χ2v) is 9.85. The van der Waals surface area contributed by atoms with Crippen LogP contribution in [0.1, 0.15) is 25.5 Å². The number of piperidine rings is 1. The molecular formula is C20H21N3O4S2. The number of primary sulfonamides is 1. The Bertz CT molecular complexity index is 1100. The van der Waals surface area contributed by atoms with Crippen LogP contribution in [0.25, 0.3) is 17.4 Å². The number of benzene rings is 1. The molecule has 2 N–H and O–H groups in total. The lowest BCUT2D eigenvalue weighted by atomic mass is 10.0. The van der Waals surface area contributed by atoms with Crippen molar-refractivity contribution in [2.24, 2.45) is 16.0 Å². The molecule has 1 atom stereocenters. The van der Waals surface area contributed by atoms with Gasteiger partial charge in [-0.25, -0.2) is 13.6 Å². The zero-order valence-corrected chi connectivity index (χ0v) is 17.5. The summed E-state index contributed by atoms with van der Waals surface area (Å²) in [6, 6.07) is 9.66. The highest BCUT2D eigenvalue weighted by Gasteiger charge is 2.28. The van der Waals surface area contributed by atoms with Gasteiger partial charge in [-0.15, -0.1) is 0 Å². The maximum Gasteiger partial charge on any atom is 0.286 e. The Morgan fingerprint density at radius 3 is 2.69 bits per heavy atom. The van der Waals surface area contributed by atoms with E-state index in [1.807, 2.05) is 0 Å². The van der Waals surface area contributed by atoms with Crippen LogP contribution in [0.4, 0.5) is 0 Å². The standard InChI is InChI=1S/C20H21N3O4S2/c1-13-3-2-10-23(12-13)20-22-19(24)18(28-20)11-15-6-9-17(27-15)14-4-7-16(8-5-14)29(21,25)26/h4-9,11,13H,2-3,10,12H2,1H3,(H2,21,25,26)/b18-11-. The molecule has 1 aromatic heterocycles. The fraction of sp³-hybridized carbons (Fsp3) is 0.300. The minimum absolute atomic E-state index is 0.0415. The van der Waals surface area contributed by atoms with Gasteiger partial charge >= 0.3 is 0 Å². The van der Waals surface area contributed by atoms with Crippen LogP contribution in [0.15, 0.2) is 55.6 Å². The SMILES string of the molecule is CC1CCCN(C2=NC(=O)/C(=C/c3ccc(-c4ccc(S(N)(=O)=O)cc4)o3)S2)C1. The molecule has 1 amide bonds. The highest BCUT2D eigenvalue weighted by molar-refractivity contribution is 8.18. The number of amides is 1. The van der Waals surface area contributed by atoms with Crippen molar-refractivity contribution in [1.82, 2.24) is 4.90 Å². The summed E-state index contributed by atoms with van der Waals surface area (Å²) in [5, 5.41) is 5.88. The summed E-state index contributed by atoms with van der Waals surface area (Å²) in [7, 11) is -3.73. The highest BCUT2D eigenvalue weighted by atomic mass is 32.2. The van der Waals surface area contributed by atoms with Gasteiger partial charge in [-0.1, -0.05) is 6.92 Å². The average Bonchev–Trinajstić information content (AvgIpc) is 3.29. The van der Waals surface area contributed by atoms with E-state index >= 15 is 0 Å². The van der Waals surface area contributed by atoms with E-state index in [2.05, 4.69) is 16.8 Å². The molecule has 152 valence electrons. The van der Waals surface area contributed by atoms with Gasteiger partial charge in [0.2, 0.25) is 10.0 Å². The molecule has 9 heteroatoms. The molecule has 7 nitrogen and oxygen atoms in total. The number of nitrogens with two attached hydrogens (primary N) is 1. The summed E-state index contributed by atoms with van der Waals surface area (Å²) >= 11 is 1.38. The van der Waals surface area contributed by atoms with E-state index in [9.17, 15) is 13.2 Å². The molecule has 0 saturated carbocycles. The molecule has 0 aliphatic carbocycles. The second kappa shape index (κ2) is 7.81. The molecule has 1 unspecified atom stereocenters. The Labute approximate surface area is 173 Å².